The molecule has 0 radical (unpaired) electrons. The van der Waals surface area contributed by atoms with Crippen LogP contribution < -0.4 is 4.90 Å². The normalized spacial score (nSPS) is 17.6. The van der Waals surface area contributed by atoms with Crippen molar-refractivity contribution in [1.29, 1.82) is 0 Å². The summed E-state index contributed by atoms with van der Waals surface area (Å²) in [6, 6.07) is 7.14. The van der Waals surface area contributed by atoms with E-state index in [-0.39, 0.29) is 24.2 Å². The second-order valence-corrected chi connectivity index (χ2v) is 8.24. The quantitative estimate of drug-likeness (QED) is 0.624. The van der Waals surface area contributed by atoms with Gasteiger partial charge in [-0.2, -0.15) is 13.2 Å². The molecule has 5 nitrogen and oxygen atoms in total. The number of nitrogens with zero attached hydrogens (tertiary/aromatic N) is 3. The summed E-state index contributed by atoms with van der Waals surface area (Å²) in [5.41, 5.74) is 0.648. The molecule has 1 fully saturated rings. The zero-order chi connectivity index (χ0) is 23.2. The van der Waals surface area contributed by atoms with Gasteiger partial charge >= 0.3 is 6.18 Å². The van der Waals surface area contributed by atoms with Gasteiger partial charge in [0.15, 0.2) is 0 Å². The van der Waals surface area contributed by atoms with Gasteiger partial charge in [0.05, 0.1) is 23.5 Å². The second-order valence-electron chi connectivity index (χ2n) is 8.24. The van der Waals surface area contributed by atoms with Crippen LogP contribution in [-0.2, 0) is 11.0 Å². The van der Waals surface area contributed by atoms with Crippen LogP contribution in [0.4, 0.5) is 28.9 Å². The van der Waals surface area contributed by atoms with Crippen molar-refractivity contribution in [2.24, 2.45) is 0 Å². The molecular weight excluding hydrogens is 426 g/mol. The number of halogens is 4. The van der Waals surface area contributed by atoms with Crippen LogP contribution in [0.25, 0.3) is 0 Å². The molecule has 1 saturated heterocycles. The number of aryl methyl sites for hydroxylation is 1. The molecular formula is C23H23F4N3O2. The molecule has 9 heteroatoms. The fourth-order valence-corrected chi connectivity index (χ4v) is 4.47. The van der Waals surface area contributed by atoms with Gasteiger partial charge in [-0.3, -0.25) is 9.59 Å². The molecule has 0 N–H and O–H groups in total. The van der Waals surface area contributed by atoms with Gasteiger partial charge in [-0.25, -0.2) is 4.39 Å². The lowest BCUT2D eigenvalue weighted by Gasteiger charge is -2.44. The van der Waals surface area contributed by atoms with Gasteiger partial charge < -0.3 is 14.7 Å². The van der Waals surface area contributed by atoms with Crippen molar-refractivity contribution in [2.75, 3.05) is 24.7 Å². The number of fused-ring (bicyclic) bond motifs is 1. The third kappa shape index (κ3) is 4.03. The highest BCUT2D eigenvalue weighted by Gasteiger charge is 2.39. The van der Waals surface area contributed by atoms with Crippen molar-refractivity contribution in [3.8, 4) is 0 Å². The molecule has 2 aromatic carbocycles. The summed E-state index contributed by atoms with van der Waals surface area (Å²) in [4.78, 5) is 30.0. The fraction of sp³-hybridized carbons (Fsp3) is 0.391. The maximum Gasteiger partial charge on any atom is 0.416 e. The molecule has 0 atom stereocenters. The predicted octanol–water partition coefficient (Wildman–Crippen LogP) is 4.72. The minimum Gasteiger partial charge on any atom is -0.343 e. The highest BCUT2D eigenvalue weighted by Crippen LogP contribution is 2.40. The highest BCUT2D eigenvalue weighted by atomic mass is 19.4. The van der Waals surface area contributed by atoms with E-state index in [0.717, 1.165) is 12.1 Å². The van der Waals surface area contributed by atoms with E-state index in [1.54, 1.807) is 27.7 Å². The van der Waals surface area contributed by atoms with Crippen molar-refractivity contribution in [3.05, 3.63) is 58.9 Å². The van der Waals surface area contributed by atoms with Crippen LogP contribution >= 0.6 is 0 Å². The lowest BCUT2D eigenvalue weighted by atomic mass is 9.98. The number of carbonyl (C=O) groups is 2. The Morgan fingerprint density at radius 2 is 1.69 bits per heavy atom. The summed E-state index contributed by atoms with van der Waals surface area (Å²) in [7, 11) is 0. The summed E-state index contributed by atoms with van der Waals surface area (Å²) >= 11 is 0. The number of anilines is 2. The molecule has 2 amide bonds. The first-order valence-electron chi connectivity index (χ1n) is 10.4. The topological polar surface area (TPSA) is 43.9 Å². The van der Waals surface area contributed by atoms with Gasteiger partial charge in [-0.05, 0) is 61.7 Å². The summed E-state index contributed by atoms with van der Waals surface area (Å²) in [6.45, 7) is 4.30. The molecule has 2 aliphatic heterocycles. The third-order valence-electron chi connectivity index (χ3n) is 6.20. The lowest BCUT2D eigenvalue weighted by Crippen LogP contribution is -2.53. The summed E-state index contributed by atoms with van der Waals surface area (Å²) in [6.07, 6.45) is -3.51. The first-order chi connectivity index (χ1) is 15.1. The molecule has 170 valence electrons. The maximum absolute atomic E-state index is 13.7. The Balaban J connectivity index is 1.75. The number of likely N-dealkylation sites (tertiary alicyclic amines) is 1. The first-order valence-corrected chi connectivity index (χ1v) is 10.4. The largest absolute Gasteiger partial charge is 0.416 e. The number of rotatable bonds is 2. The van der Waals surface area contributed by atoms with E-state index in [9.17, 15) is 27.2 Å². The van der Waals surface area contributed by atoms with E-state index >= 15 is 0 Å². The fourth-order valence-electron chi connectivity index (χ4n) is 4.47. The van der Waals surface area contributed by atoms with Crippen LogP contribution in [0.5, 0.6) is 0 Å². The predicted molar refractivity (Wildman–Crippen MR) is 111 cm³/mol. The van der Waals surface area contributed by atoms with Crippen LogP contribution in [0.1, 0.15) is 41.3 Å². The molecule has 32 heavy (non-hydrogen) atoms. The Kier molecular flexibility index (Phi) is 5.60. The van der Waals surface area contributed by atoms with Crippen molar-refractivity contribution < 1.29 is 27.2 Å². The van der Waals surface area contributed by atoms with Gasteiger partial charge in [0.2, 0.25) is 5.91 Å². The Hall–Kier alpha value is -3.10. The van der Waals surface area contributed by atoms with Gasteiger partial charge in [0.1, 0.15) is 5.82 Å². The third-order valence-corrected chi connectivity index (χ3v) is 6.20. The average Bonchev–Trinajstić information content (AvgIpc) is 2.74. The summed E-state index contributed by atoms with van der Waals surface area (Å²) in [5, 5.41) is 0. The summed E-state index contributed by atoms with van der Waals surface area (Å²) < 4.78 is 53.8. The Bertz CT molecular complexity index is 1060. The van der Waals surface area contributed by atoms with Crippen LogP contribution in [0.3, 0.4) is 0 Å². The molecule has 0 bridgehead atoms. The minimum atomic E-state index is -4.58. The molecule has 4 rings (SSSR count). The van der Waals surface area contributed by atoms with Gasteiger partial charge in [-0.1, -0.05) is 0 Å². The van der Waals surface area contributed by atoms with E-state index in [1.165, 1.54) is 25.1 Å². The van der Waals surface area contributed by atoms with Crippen molar-refractivity contribution in [2.45, 2.75) is 38.9 Å². The number of benzene rings is 2. The van der Waals surface area contributed by atoms with Crippen LogP contribution in [0.15, 0.2) is 36.4 Å². The molecule has 0 unspecified atom stereocenters. The van der Waals surface area contributed by atoms with E-state index < -0.39 is 23.5 Å². The van der Waals surface area contributed by atoms with Crippen LogP contribution in [0.2, 0.25) is 0 Å². The van der Waals surface area contributed by atoms with Gasteiger partial charge in [-0.15, -0.1) is 0 Å². The molecule has 0 aliphatic carbocycles. The Labute approximate surface area is 183 Å². The zero-order valence-electron chi connectivity index (χ0n) is 17.7. The van der Waals surface area contributed by atoms with Crippen molar-refractivity contribution >= 4 is 23.2 Å². The number of carbonyl (C=O) groups excluding carboxylic acids is 2. The zero-order valence-corrected chi connectivity index (χ0v) is 17.7. The SMILES string of the molecule is CC(=O)N1CCC(N2CN(c3ccc(F)cc3C)c3ccc(C(F)(F)F)cc3C2=O)CC1. The van der Waals surface area contributed by atoms with E-state index in [2.05, 4.69) is 0 Å². The molecule has 0 spiro atoms. The average molecular weight is 449 g/mol. The van der Waals surface area contributed by atoms with Crippen LogP contribution in [0, 0.1) is 12.7 Å². The molecule has 2 aromatic rings. The number of piperidine rings is 1. The van der Waals surface area contributed by atoms with Gasteiger partial charge in [0, 0.05) is 31.7 Å². The van der Waals surface area contributed by atoms with E-state index in [4.69, 9.17) is 0 Å². The van der Waals surface area contributed by atoms with Gasteiger partial charge in [0.25, 0.3) is 5.91 Å². The number of amides is 2. The number of alkyl halides is 3. The standard InChI is InChI=1S/C23H23F4N3O2/c1-14-11-17(24)4-6-20(14)30-13-29(18-7-9-28(10-8-18)15(2)31)22(32)19-12-16(23(25,26)27)3-5-21(19)30/h3-6,11-12,18H,7-10,13H2,1-2H3. The van der Waals surface area contributed by atoms with E-state index in [1.807, 2.05) is 0 Å². The highest BCUT2D eigenvalue weighted by molar-refractivity contribution is 6.03. The number of hydrogen-bond donors (Lipinski definition) is 0. The van der Waals surface area contributed by atoms with E-state index in [0.29, 0.717) is 42.9 Å². The molecule has 2 heterocycles. The molecule has 0 saturated carbocycles. The van der Waals surface area contributed by atoms with Crippen molar-refractivity contribution in [1.82, 2.24) is 9.80 Å². The molecule has 2 aliphatic rings. The minimum absolute atomic E-state index is 0.0382. The summed E-state index contributed by atoms with van der Waals surface area (Å²) in [5.74, 6) is -0.930. The Morgan fingerprint density at radius 1 is 1.03 bits per heavy atom. The number of hydrogen-bond acceptors (Lipinski definition) is 3. The lowest BCUT2D eigenvalue weighted by molar-refractivity contribution is -0.137. The smallest absolute Gasteiger partial charge is 0.343 e. The monoisotopic (exact) mass is 449 g/mol. The second kappa shape index (κ2) is 8.11. The Morgan fingerprint density at radius 3 is 2.28 bits per heavy atom. The first kappa shape index (κ1) is 22.1. The van der Waals surface area contributed by atoms with Crippen LogP contribution in [-0.4, -0.2) is 47.4 Å². The maximum atomic E-state index is 13.7. The van der Waals surface area contributed by atoms with Crippen molar-refractivity contribution in [3.63, 3.8) is 0 Å². The molecule has 0 aromatic heterocycles.